The number of aromatic carboxylic acids is 1. The Labute approximate surface area is 114 Å². The first-order valence-electron chi connectivity index (χ1n) is 5.36. The zero-order valence-corrected chi connectivity index (χ0v) is 10.8. The Balaban J connectivity index is 2.33. The van der Waals surface area contributed by atoms with Gasteiger partial charge in [0.05, 0.1) is 10.6 Å². The second-order valence-electron chi connectivity index (χ2n) is 3.80. The summed E-state index contributed by atoms with van der Waals surface area (Å²) in [4.78, 5) is 14.0. The van der Waals surface area contributed by atoms with Gasteiger partial charge in [-0.05, 0) is 30.3 Å². The Morgan fingerprint density at radius 1 is 1.25 bits per heavy atom. The first-order valence-corrected chi connectivity index (χ1v) is 6.84. The van der Waals surface area contributed by atoms with Crippen LogP contribution in [0.4, 0.5) is 10.1 Å². The van der Waals surface area contributed by atoms with Crippen LogP contribution >= 0.6 is 0 Å². The lowest BCUT2D eigenvalue weighted by Crippen LogP contribution is -2.14. The number of aromatic nitrogens is 1. The van der Waals surface area contributed by atoms with Gasteiger partial charge >= 0.3 is 5.97 Å². The summed E-state index contributed by atoms with van der Waals surface area (Å²) in [6, 6.07) is 6.84. The molecule has 0 amide bonds. The second kappa shape index (κ2) is 5.25. The van der Waals surface area contributed by atoms with Crippen LogP contribution in [0.1, 0.15) is 10.5 Å². The van der Waals surface area contributed by atoms with Crippen LogP contribution in [-0.2, 0) is 10.0 Å². The van der Waals surface area contributed by atoms with Crippen molar-refractivity contribution in [2.24, 2.45) is 0 Å². The van der Waals surface area contributed by atoms with Crippen molar-refractivity contribution in [3.8, 4) is 0 Å². The largest absolute Gasteiger partial charge is 0.477 e. The summed E-state index contributed by atoms with van der Waals surface area (Å²) < 4.78 is 39.2. The third kappa shape index (κ3) is 3.09. The van der Waals surface area contributed by atoms with Crippen LogP contribution in [0.5, 0.6) is 0 Å². The molecule has 0 spiro atoms. The SMILES string of the molecule is O=C(O)c1cc(NS(=O)(=O)c2cccc(F)c2)ccn1. The van der Waals surface area contributed by atoms with Gasteiger partial charge in [0.1, 0.15) is 11.5 Å². The van der Waals surface area contributed by atoms with E-state index in [4.69, 9.17) is 5.11 Å². The van der Waals surface area contributed by atoms with Crippen molar-refractivity contribution >= 4 is 21.7 Å². The van der Waals surface area contributed by atoms with E-state index in [1.807, 2.05) is 0 Å². The molecule has 0 saturated carbocycles. The minimum absolute atomic E-state index is 0.0293. The summed E-state index contributed by atoms with van der Waals surface area (Å²) in [5.74, 6) is -1.97. The Morgan fingerprint density at radius 2 is 2.00 bits per heavy atom. The highest BCUT2D eigenvalue weighted by Crippen LogP contribution is 2.17. The molecular weight excluding hydrogens is 287 g/mol. The number of rotatable bonds is 4. The number of hydrogen-bond donors (Lipinski definition) is 2. The molecule has 2 N–H and O–H groups in total. The fourth-order valence-electron chi connectivity index (χ4n) is 1.46. The summed E-state index contributed by atoms with van der Waals surface area (Å²) in [5.41, 5.74) is -0.272. The molecule has 1 aromatic heterocycles. The highest BCUT2D eigenvalue weighted by Gasteiger charge is 2.15. The molecule has 0 saturated heterocycles. The fraction of sp³-hybridized carbons (Fsp3) is 0. The molecule has 8 heteroatoms. The van der Waals surface area contributed by atoms with Crippen LogP contribution in [-0.4, -0.2) is 24.5 Å². The van der Waals surface area contributed by atoms with Crippen LogP contribution in [0.3, 0.4) is 0 Å². The maximum Gasteiger partial charge on any atom is 0.354 e. The van der Waals surface area contributed by atoms with E-state index in [9.17, 15) is 17.6 Å². The number of nitrogens with zero attached hydrogens (tertiary/aromatic N) is 1. The number of carboxylic acid groups (broad SMARTS) is 1. The van der Waals surface area contributed by atoms with E-state index >= 15 is 0 Å². The Kier molecular flexibility index (Phi) is 3.66. The molecule has 0 atom stereocenters. The number of sulfonamides is 1. The third-order valence-electron chi connectivity index (χ3n) is 2.34. The lowest BCUT2D eigenvalue weighted by molar-refractivity contribution is 0.0690. The molecule has 0 bridgehead atoms. The van der Waals surface area contributed by atoms with Gasteiger partial charge in [-0.3, -0.25) is 4.72 Å². The van der Waals surface area contributed by atoms with Crippen LogP contribution in [0.25, 0.3) is 0 Å². The van der Waals surface area contributed by atoms with Gasteiger partial charge in [-0.25, -0.2) is 22.6 Å². The minimum atomic E-state index is -3.99. The molecule has 6 nitrogen and oxygen atoms in total. The molecular formula is C12H9FN2O4S. The number of halogens is 1. The Hall–Kier alpha value is -2.48. The van der Waals surface area contributed by atoms with Gasteiger partial charge < -0.3 is 5.11 Å². The van der Waals surface area contributed by atoms with Crippen molar-refractivity contribution in [1.29, 1.82) is 0 Å². The molecule has 0 aliphatic carbocycles. The summed E-state index contributed by atoms with van der Waals surface area (Å²) in [5, 5.41) is 8.77. The molecule has 104 valence electrons. The predicted molar refractivity (Wildman–Crippen MR) is 68.4 cm³/mol. The highest BCUT2D eigenvalue weighted by molar-refractivity contribution is 7.92. The number of carbonyl (C=O) groups is 1. The van der Waals surface area contributed by atoms with E-state index in [-0.39, 0.29) is 16.3 Å². The number of anilines is 1. The second-order valence-corrected chi connectivity index (χ2v) is 5.48. The maximum absolute atomic E-state index is 13.0. The molecule has 0 radical (unpaired) electrons. The highest BCUT2D eigenvalue weighted by atomic mass is 32.2. The topological polar surface area (TPSA) is 96.4 Å². The fourth-order valence-corrected chi connectivity index (χ4v) is 2.54. The van der Waals surface area contributed by atoms with E-state index in [1.165, 1.54) is 18.2 Å². The molecule has 0 aliphatic heterocycles. The van der Waals surface area contributed by atoms with Crippen molar-refractivity contribution in [3.63, 3.8) is 0 Å². The lowest BCUT2D eigenvalue weighted by atomic mass is 10.3. The standard InChI is InChI=1S/C12H9FN2O4S/c13-8-2-1-3-10(6-8)20(18,19)15-9-4-5-14-11(7-9)12(16)17/h1-7H,(H,14,15)(H,16,17). The lowest BCUT2D eigenvalue weighted by Gasteiger charge is -2.08. The first-order chi connectivity index (χ1) is 9.38. The number of hydrogen-bond acceptors (Lipinski definition) is 4. The molecule has 1 aromatic carbocycles. The van der Waals surface area contributed by atoms with Crippen LogP contribution in [0.2, 0.25) is 0 Å². The van der Waals surface area contributed by atoms with E-state index in [2.05, 4.69) is 9.71 Å². The summed E-state index contributed by atoms with van der Waals surface area (Å²) >= 11 is 0. The number of pyridine rings is 1. The van der Waals surface area contributed by atoms with Crippen LogP contribution < -0.4 is 4.72 Å². The summed E-state index contributed by atoms with van der Waals surface area (Å²) in [6.07, 6.45) is 1.16. The van der Waals surface area contributed by atoms with E-state index in [0.717, 1.165) is 24.4 Å². The van der Waals surface area contributed by atoms with Gasteiger partial charge in [0, 0.05) is 6.20 Å². The molecule has 0 unspecified atom stereocenters. The number of nitrogens with one attached hydrogen (secondary N) is 1. The van der Waals surface area contributed by atoms with Crippen LogP contribution in [0, 0.1) is 5.82 Å². The third-order valence-corrected chi connectivity index (χ3v) is 3.72. The monoisotopic (exact) mass is 296 g/mol. The van der Waals surface area contributed by atoms with Crippen molar-refractivity contribution in [2.45, 2.75) is 4.90 Å². The van der Waals surface area contributed by atoms with Gasteiger partial charge in [0.2, 0.25) is 0 Å². The molecule has 2 rings (SSSR count). The van der Waals surface area contributed by atoms with Crippen molar-refractivity contribution in [3.05, 3.63) is 54.1 Å². The van der Waals surface area contributed by atoms with Crippen LogP contribution in [0.15, 0.2) is 47.5 Å². The maximum atomic E-state index is 13.0. The van der Waals surface area contributed by atoms with E-state index in [1.54, 1.807) is 0 Å². The zero-order valence-electron chi connectivity index (χ0n) is 9.95. The zero-order chi connectivity index (χ0) is 14.8. The Morgan fingerprint density at radius 3 is 2.65 bits per heavy atom. The molecule has 0 aliphatic rings. The quantitative estimate of drug-likeness (QED) is 0.895. The van der Waals surface area contributed by atoms with Crippen molar-refractivity contribution < 1.29 is 22.7 Å². The van der Waals surface area contributed by atoms with Gasteiger partial charge in [-0.1, -0.05) is 6.07 Å². The van der Waals surface area contributed by atoms with Gasteiger partial charge in [-0.15, -0.1) is 0 Å². The van der Waals surface area contributed by atoms with E-state index < -0.39 is 21.8 Å². The summed E-state index contributed by atoms with van der Waals surface area (Å²) in [7, 11) is -3.99. The predicted octanol–water partition coefficient (Wildman–Crippen LogP) is 1.72. The van der Waals surface area contributed by atoms with Crippen molar-refractivity contribution in [1.82, 2.24) is 4.98 Å². The first kappa shape index (κ1) is 13.9. The van der Waals surface area contributed by atoms with E-state index in [0.29, 0.717) is 0 Å². The normalized spacial score (nSPS) is 11.1. The minimum Gasteiger partial charge on any atom is -0.477 e. The van der Waals surface area contributed by atoms with Crippen molar-refractivity contribution in [2.75, 3.05) is 4.72 Å². The smallest absolute Gasteiger partial charge is 0.354 e. The van der Waals surface area contributed by atoms with Gasteiger partial charge in [-0.2, -0.15) is 0 Å². The number of carboxylic acids is 1. The van der Waals surface area contributed by atoms with Gasteiger partial charge in [0.25, 0.3) is 10.0 Å². The average Bonchev–Trinajstić information content (AvgIpc) is 2.38. The number of benzene rings is 1. The Bertz CT molecular complexity index is 762. The average molecular weight is 296 g/mol. The molecule has 0 fully saturated rings. The molecule has 20 heavy (non-hydrogen) atoms. The molecule has 2 aromatic rings. The van der Waals surface area contributed by atoms with Gasteiger partial charge in [0.15, 0.2) is 0 Å². The molecule has 1 heterocycles. The summed E-state index contributed by atoms with van der Waals surface area (Å²) in [6.45, 7) is 0.